The molecule has 3 rings (SSSR count). The number of hydrogen-bond acceptors (Lipinski definition) is 6. The Labute approximate surface area is 194 Å². The van der Waals surface area contributed by atoms with E-state index in [1.54, 1.807) is 50.3 Å². The van der Waals surface area contributed by atoms with Gasteiger partial charge in [-0.2, -0.15) is 14.1 Å². The Balaban J connectivity index is 1.75. The normalized spacial score (nSPS) is 11.9. The van der Waals surface area contributed by atoms with Crippen LogP contribution in [0.1, 0.15) is 36.5 Å². The molecule has 3 aromatic rings. The van der Waals surface area contributed by atoms with Crippen molar-refractivity contribution in [1.82, 2.24) is 24.1 Å². The third kappa shape index (κ3) is 5.71. The van der Waals surface area contributed by atoms with Gasteiger partial charge in [0.2, 0.25) is 15.9 Å². The maximum Gasteiger partial charge on any atom is 0.252 e. The molecule has 1 amide bonds. The van der Waals surface area contributed by atoms with E-state index in [2.05, 4.69) is 20.4 Å². The fourth-order valence-electron chi connectivity index (χ4n) is 3.35. The molecule has 0 bridgehead atoms. The molecule has 0 aliphatic heterocycles. The minimum Gasteiger partial charge on any atom is -0.307 e. The monoisotopic (exact) mass is 468 g/mol. The van der Waals surface area contributed by atoms with Gasteiger partial charge in [-0.25, -0.2) is 18.4 Å². The third-order valence-electron chi connectivity index (χ3n) is 4.89. The molecule has 0 aliphatic carbocycles. The van der Waals surface area contributed by atoms with E-state index in [1.807, 2.05) is 26.8 Å². The molecule has 0 radical (unpaired) electrons. The fourth-order valence-corrected chi connectivity index (χ4v) is 4.80. The van der Waals surface area contributed by atoms with E-state index in [0.29, 0.717) is 36.1 Å². The number of aryl methyl sites for hydroxylation is 3. The minimum atomic E-state index is -3.52. The first kappa shape index (κ1) is 24.3. The van der Waals surface area contributed by atoms with Gasteiger partial charge in [-0.3, -0.25) is 4.79 Å². The van der Waals surface area contributed by atoms with Crippen molar-refractivity contribution in [3.63, 3.8) is 0 Å². The van der Waals surface area contributed by atoms with E-state index >= 15 is 0 Å². The molecule has 2 heterocycles. The van der Waals surface area contributed by atoms with Crippen molar-refractivity contribution < 1.29 is 13.2 Å². The zero-order chi connectivity index (χ0) is 24.2. The zero-order valence-electron chi connectivity index (χ0n) is 19.4. The Morgan fingerprint density at radius 1 is 1.00 bits per heavy atom. The fraction of sp³-hybridized carbons (Fsp3) is 0.304. The van der Waals surface area contributed by atoms with Gasteiger partial charge in [-0.05, 0) is 50.6 Å². The molecular weight excluding hydrogens is 440 g/mol. The van der Waals surface area contributed by atoms with Crippen LogP contribution in [-0.2, 0) is 14.8 Å². The molecule has 10 heteroatoms. The largest absolute Gasteiger partial charge is 0.307 e. The summed E-state index contributed by atoms with van der Waals surface area (Å²) in [7, 11) is -3.52. The third-order valence-corrected chi connectivity index (χ3v) is 6.96. The summed E-state index contributed by atoms with van der Waals surface area (Å²) in [5.41, 5.74) is 3.01. The van der Waals surface area contributed by atoms with Crippen molar-refractivity contribution in [2.45, 2.75) is 39.5 Å². The van der Waals surface area contributed by atoms with Gasteiger partial charge < -0.3 is 5.32 Å². The molecule has 0 spiro atoms. The highest BCUT2D eigenvalue weighted by Crippen LogP contribution is 2.18. The van der Waals surface area contributed by atoms with Crippen LogP contribution in [0.2, 0.25) is 0 Å². The molecule has 33 heavy (non-hydrogen) atoms. The first-order valence-corrected chi connectivity index (χ1v) is 12.1. The van der Waals surface area contributed by atoms with E-state index in [1.165, 1.54) is 15.1 Å². The standard InChI is InChI=1S/C23H28N6O3S/c1-6-28(7-2)33(31,32)20-11-8-19(9-12-20)10-13-22(30)26-21-15-18(5)27-29(21)23-24-16(3)14-17(4)25-23/h8-15H,6-7H2,1-5H3,(H,26,30)/b13-10+. The molecule has 1 N–H and O–H groups in total. The second kappa shape index (κ2) is 10.1. The van der Waals surface area contributed by atoms with E-state index in [-0.39, 0.29) is 10.8 Å². The lowest BCUT2D eigenvalue weighted by molar-refractivity contribution is -0.111. The quantitative estimate of drug-likeness (QED) is 0.508. The number of nitrogens with one attached hydrogen (secondary N) is 1. The molecule has 0 fully saturated rings. The molecule has 0 atom stereocenters. The number of anilines is 1. The molecule has 1 aromatic carbocycles. The Hall–Kier alpha value is -3.37. The van der Waals surface area contributed by atoms with Crippen LogP contribution in [0, 0.1) is 20.8 Å². The van der Waals surface area contributed by atoms with Crippen molar-refractivity contribution in [3.8, 4) is 5.95 Å². The topological polar surface area (TPSA) is 110 Å². The Morgan fingerprint density at radius 3 is 2.18 bits per heavy atom. The predicted molar refractivity (Wildman–Crippen MR) is 128 cm³/mol. The average molecular weight is 469 g/mol. The van der Waals surface area contributed by atoms with Crippen LogP contribution in [0.4, 0.5) is 5.82 Å². The number of aromatic nitrogens is 4. The van der Waals surface area contributed by atoms with Gasteiger partial charge in [-0.15, -0.1) is 0 Å². The number of nitrogens with zero attached hydrogens (tertiary/aromatic N) is 5. The summed E-state index contributed by atoms with van der Waals surface area (Å²) in [5, 5.41) is 7.18. The van der Waals surface area contributed by atoms with Crippen LogP contribution in [0.15, 0.2) is 47.4 Å². The van der Waals surface area contributed by atoms with Gasteiger partial charge in [0.25, 0.3) is 5.95 Å². The highest BCUT2D eigenvalue weighted by molar-refractivity contribution is 7.89. The first-order chi connectivity index (χ1) is 15.6. The number of sulfonamides is 1. The maximum atomic E-state index is 12.6. The Morgan fingerprint density at radius 2 is 1.61 bits per heavy atom. The Kier molecular flexibility index (Phi) is 7.39. The highest BCUT2D eigenvalue weighted by Gasteiger charge is 2.21. The van der Waals surface area contributed by atoms with E-state index < -0.39 is 10.0 Å². The van der Waals surface area contributed by atoms with Gasteiger partial charge in [-0.1, -0.05) is 26.0 Å². The lowest BCUT2D eigenvalue weighted by Gasteiger charge is -2.18. The van der Waals surface area contributed by atoms with Crippen molar-refractivity contribution in [3.05, 3.63) is 65.1 Å². The molecule has 0 aliphatic rings. The lowest BCUT2D eigenvalue weighted by atomic mass is 10.2. The summed E-state index contributed by atoms with van der Waals surface area (Å²) in [6, 6.07) is 10.0. The molecule has 2 aromatic heterocycles. The maximum absolute atomic E-state index is 12.6. The number of amides is 1. The number of hydrogen-bond donors (Lipinski definition) is 1. The van der Waals surface area contributed by atoms with E-state index in [9.17, 15) is 13.2 Å². The van der Waals surface area contributed by atoms with Crippen LogP contribution in [-0.4, -0.2) is 51.5 Å². The molecule has 0 unspecified atom stereocenters. The summed E-state index contributed by atoms with van der Waals surface area (Å²) in [6.45, 7) is 9.97. The number of rotatable bonds is 8. The summed E-state index contributed by atoms with van der Waals surface area (Å²) < 4.78 is 28.1. The summed E-state index contributed by atoms with van der Waals surface area (Å²) in [4.78, 5) is 21.5. The van der Waals surface area contributed by atoms with Gasteiger partial charge in [0.05, 0.1) is 10.6 Å². The summed E-state index contributed by atoms with van der Waals surface area (Å²) in [5.74, 6) is 0.470. The van der Waals surface area contributed by atoms with Crippen LogP contribution < -0.4 is 5.32 Å². The van der Waals surface area contributed by atoms with Gasteiger partial charge >= 0.3 is 0 Å². The average Bonchev–Trinajstić information content (AvgIpc) is 3.12. The van der Waals surface area contributed by atoms with Crippen molar-refractivity contribution in [1.29, 1.82) is 0 Å². The number of carbonyl (C=O) groups is 1. The molecule has 174 valence electrons. The van der Waals surface area contributed by atoms with Crippen molar-refractivity contribution in [2.75, 3.05) is 18.4 Å². The lowest BCUT2D eigenvalue weighted by Crippen LogP contribution is -2.30. The molecule has 9 nitrogen and oxygen atoms in total. The number of benzene rings is 1. The van der Waals surface area contributed by atoms with Gasteiger partial charge in [0, 0.05) is 36.6 Å². The van der Waals surface area contributed by atoms with Crippen molar-refractivity contribution >= 4 is 27.8 Å². The van der Waals surface area contributed by atoms with Crippen LogP contribution in [0.3, 0.4) is 0 Å². The minimum absolute atomic E-state index is 0.223. The number of carbonyl (C=O) groups excluding carboxylic acids is 1. The molecular formula is C23H28N6O3S. The molecule has 0 saturated carbocycles. The zero-order valence-corrected chi connectivity index (χ0v) is 20.2. The van der Waals surface area contributed by atoms with Crippen LogP contribution in [0.5, 0.6) is 0 Å². The summed E-state index contributed by atoms with van der Waals surface area (Å²) >= 11 is 0. The SMILES string of the molecule is CCN(CC)S(=O)(=O)c1ccc(/C=C/C(=O)Nc2cc(C)nn2-c2nc(C)cc(C)n2)cc1. The van der Waals surface area contributed by atoms with E-state index in [4.69, 9.17) is 0 Å². The predicted octanol–water partition coefficient (Wildman–Crippen LogP) is 3.27. The van der Waals surface area contributed by atoms with Crippen LogP contribution >= 0.6 is 0 Å². The second-order valence-corrected chi connectivity index (χ2v) is 9.45. The second-order valence-electron chi connectivity index (χ2n) is 7.51. The van der Waals surface area contributed by atoms with E-state index in [0.717, 1.165) is 11.4 Å². The Bertz CT molecular complexity index is 1260. The highest BCUT2D eigenvalue weighted by atomic mass is 32.2. The van der Waals surface area contributed by atoms with Gasteiger partial charge in [0.1, 0.15) is 5.82 Å². The van der Waals surface area contributed by atoms with Crippen LogP contribution in [0.25, 0.3) is 12.0 Å². The molecule has 0 saturated heterocycles. The first-order valence-electron chi connectivity index (χ1n) is 10.6. The summed E-state index contributed by atoms with van der Waals surface area (Å²) in [6.07, 6.45) is 2.99. The smallest absolute Gasteiger partial charge is 0.252 e. The van der Waals surface area contributed by atoms with Crippen molar-refractivity contribution in [2.24, 2.45) is 0 Å². The van der Waals surface area contributed by atoms with Gasteiger partial charge in [0.15, 0.2) is 0 Å².